The Labute approximate surface area is 130 Å². The molecule has 1 atom stereocenters. The Morgan fingerprint density at radius 2 is 2.18 bits per heavy atom. The summed E-state index contributed by atoms with van der Waals surface area (Å²) in [6, 6.07) is 5.47. The maximum absolute atomic E-state index is 11.3. The third-order valence-electron chi connectivity index (χ3n) is 3.48. The van der Waals surface area contributed by atoms with Crippen LogP contribution in [-0.4, -0.2) is 31.9 Å². The molecule has 0 fully saturated rings. The summed E-state index contributed by atoms with van der Waals surface area (Å²) >= 11 is 0. The molecule has 0 spiro atoms. The molecule has 0 aliphatic heterocycles. The number of aryl methyl sites for hydroxylation is 1. The molecule has 0 aliphatic rings. The number of carboxylic acid groups (broad SMARTS) is 1. The fraction of sp³-hybridized carbons (Fsp3) is 0.438. The molecule has 1 unspecified atom stereocenters. The van der Waals surface area contributed by atoms with Crippen LogP contribution in [0.25, 0.3) is 5.69 Å². The zero-order valence-electron chi connectivity index (χ0n) is 13.2. The van der Waals surface area contributed by atoms with Gasteiger partial charge in [0, 0.05) is 6.54 Å². The van der Waals surface area contributed by atoms with Gasteiger partial charge in [-0.15, -0.1) is 0 Å². The zero-order chi connectivity index (χ0) is 16.1. The van der Waals surface area contributed by atoms with Crippen LogP contribution in [0, 0.1) is 12.8 Å². The number of aromatic nitrogens is 3. The Bertz CT molecular complexity index is 623. The van der Waals surface area contributed by atoms with Crippen molar-refractivity contribution in [3.8, 4) is 5.69 Å². The lowest BCUT2D eigenvalue weighted by Crippen LogP contribution is -2.37. The lowest BCUT2D eigenvalue weighted by Gasteiger charge is -2.17. The van der Waals surface area contributed by atoms with Gasteiger partial charge < -0.3 is 10.4 Å². The summed E-state index contributed by atoms with van der Waals surface area (Å²) in [6.45, 7) is 6.58. The molecule has 0 aliphatic carbocycles. The minimum absolute atomic E-state index is 0.338. The minimum atomic E-state index is -0.801. The molecule has 2 N–H and O–H groups in total. The van der Waals surface area contributed by atoms with Gasteiger partial charge in [-0.3, -0.25) is 4.79 Å². The number of hydrogen-bond donors (Lipinski definition) is 2. The van der Waals surface area contributed by atoms with Crippen molar-refractivity contribution in [1.82, 2.24) is 20.1 Å². The number of hydrogen-bond acceptors (Lipinski definition) is 4. The predicted octanol–water partition coefficient (Wildman–Crippen LogP) is 2.16. The second kappa shape index (κ2) is 7.17. The molecule has 0 amide bonds. The zero-order valence-corrected chi connectivity index (χ0v) is 13.2. The van der Waals surface area contributed by atoms with E-state index in [1.807, 2.05) is 39.0 Å². The van der Waals surface area contributed by atoms with E-state index in [0.717, 1.165) is 16.8 Å². The van der Waals surface area contributed by atoms with Crippen LogP contribution in [0.4, 0.5) is 0 Å². The summed E-state index contributed by atoms with van der Waals surface area (Å²) in [5.41, 5.74) is 3.09. The van der Waals surface area contributed by atoms with E-state index in [4.69, 9.17) is 0 Å². The molecule has 6 nitrogen and oxygen atoms in total. The van der Waals surface area contributed by atoms with Crippen LogP contribution in [0.2, 0.25) is 0 Å². The van der Waals surface area contributed by atoms with E-state index in [-0.39, 0.29) is 0 Å². The Kier molecular flexibility index (Phi) is 5.27. The molecule has 2 rings (SSSR count). The molecule has 1 aromatic heterocycles. The topological polar surface area (TPSA) is 80.0 Å². The highest BCUT2D eigenvalue weighted by Gasteiger charge is 2.18. The Morgan fingerprint density at radius 1 is 1.41 bits per heavy atom. The monoisotopic (exact) mass is 302 g/mol. The summed E-state index contributed by atoms with van der Waals surface area (Å²) in [5, 5.41) is 16.5. The van der Waals surface area contributed by atoms with Crippen LogP contribution in [-0.2, 0) is 11.3 Å². The number of nitrogens with one attached hydrogen (secondary N) is 1. The van der Waals surface area contributed by atoms with Gasteiger partial charge >= 0.3 is 5.97 Å². The number of rotatable bonds is 7. The molecule has 0 saturated carbocycles. The first-order chi connectivity index (χ1) is 10.5. The summed E-state index contributed by atoms with van der Waals surface area (Å²) < 4.78 is 1.71. The second-order valence-corrected chi connectivity index (χ2v) is 5.86. The number of carbonyl (C=O) groups is 1. The number of nitrogens with zero attached hydrogens (tertiary/aromatic N) is 3. The van der Waals surface area contributed by atoms with Crippen molar-refractivity contribution in [2.24, 2.45) is 5.92 Å². The van der Waals surface area contributed by atoms with Gasteiger partial charge in [0.05, 0.1) is 5.69 Å². The number of benzene rings is 1. The average molecular weight is 302 g/mol. The van der Waals surface area contributed by atoms with Crippen LogP contribution < -0.4 is 5.32 Å². The Balaban J connectivity index is 2.04. The van der Waals surface area contributed by atoms with E-state index in [1.54, 1.807) is 11.0 Å². The molecular formula is C16H22N4O2. The maximum atomic E-state index is 11.3. The lowest BCUT2D eigenvalue weighted by atomic mass is 10.0. The highest BCUT2D eigenvalue weighted by Crippen LogP contribution is 2.15. The van der Waals surface area contributed by atoms with Crippen molar-refractivity contribution in [3.63, 3.8) is 0 Å². The van der Waals surface area contributed by atoms with Gasteiger partial charge in [0.25, 0.3) is 0 Å². The van der Waals surface area contributed by atoms with Crippen molar-refractivity contribution in [1.29, 1.82) is 0 Å². The summed E-state index contributed by atoms with van der Waals surface area (Å²) in [5.74, 6) is -0.463. The molecule has 22 heavy (non-hydrogen) atoms. The van der Waals surface area contributed by atoms with E-state index >= 15 is 0 Å². The quantitative estimate of drug-likeness (QED) is 0.819. The van der Waals surface area contributed by atoms with Gasteiger partial charge in [0.15, 0.2) is 0 Å². The fourth-order valence-corrected chi connectivity index (χ4v) is 2.40. The first kappa shape index (κ1) is 16.2. The van der Waals surface area contributed by atoms with Gasteiger partial charge in [-0.05, 0) is 36.5 Å². The first-order valence-electron chi connectivity index (χ1n) is 7.38. The third kappa shape index (κ3) is 4.14. The molecule has 2 aromatic rings. The van der Waals surface area contributed by atoms with Crippen LogP contribution >= 0.6 is 0 Å². The van der Waals surface area contributed by atoms with Crippen LogP contribution in [0.3, 0.4) is 0 Å². The van der Waals surface area contributed by atoms with E-state index in [9.17, 15) is 9.90 Å². The number of carboxylic acids is 1. The fourth-order valence-electron chi connectivity index (χ4n) is 2.40. The van der Waals surface area contributed by atoms with Crippen LogP contribution in [0.15, 0.2) is 30.9 Å². The van der Waals surface area contributed by atoms with Crippen molar-refractivity contribution in [2.45, 2.75) is 39.8 Å². The molecule has 6 heteroatoms. The van der Waals surface area contributed by atoms with Crippen LogP contribution in [0.1, 0.15) is 31.4 Å². The van der Waals surface area contributed by atoms with E-state index in [2.05, 4.69) is 15.4 Å². The Hall–Kier alpha value is -2.21. The SMILES string of the molecule is Cc1cc(CNC(CC(C)C)C(=O)O)ccc1-n1cncn1. The van der Waals surface area contributed by atoms with Gasteiger partial charge in [0.1, 0.15) is 18.7 Å². The van der Waals surface area contributed by atoms with Gasteiger partial charge in [-0.1, -0.05) is 26.0 Å². The van der Waals surface area contributed by atoms with Gasteiger partial charge in [-0.2, -0.15) is 5.10 Å². The van der Waals surface area contributed by atoms with E-state index < -0.39 is 12.0 Å². The normalized spacial score (nSPS) is 12.5. The van der Waals surface area contributed by atoms with Crippen molar-refractivity contribution < 1.29 is 9.90 Å². The highest BCUT2D eigenvalue weighted by atomic mass is 16.4. The molecule has 1 heterocycles. The lowest BCUT2D eigenvalue weighted by molar-refractivity contribution is -0.140. The highest BCUT2D eigenvalue weighted by molar-refractivity contribution is 5.73. The molecule has 0 saturated heterocycles. The van der Waals surface area contributed by atoms with E-state index in [0.29, 0.717) is 18.9 Å². The van der Waals surface area contributed by atoms with E-state index in [1.165, 1.54) is 6.33 Å². The van der Waals surface area contributed by atoms with Crippen molar-refractivity contribution >= 4 is 5.97 Å². The van der Waals surface area contributed by atoms with Gasteiger partial charge in [0.2, 0.25) is 0 Å². The first-order valence-corrected chi connectivity index (χ1v) is 7.38. The molecule has 118 valence electrons. The second-order valence-electron chi connectivity index (χ2n) is 5.86. The minimum Gasteiger partial charge on any atom is -0.480 e. The largest absolute Gasteiger partial charge is 0.480 e. The van der Waals surface area contributed by atoms with Gasteiger partial charge in [-0.25, -0.2) is 9.67 Å². The smallest absolute Gasteiger partial charge is 0.320 e. The van der Waals surface area contributed by atoms with Crippen molar-refractivity contribution in [2.75, 3.05) is 0 Å². The molecule has 0 bridgehead atoms. The predicted molar refractivity (Wildman–Crippen MR) is 83.8 cm³/mol. The van der Waals surface area contributed by atoms with Crippen molar-refractivity contribution in [3.05, 3.63) is 42.0 Å². The standard InChI is InChI=1S/C16H22N4O2/c1-11(2)6-14(16(21)22)18-8-13-4-5-15(12(3)7-13)20-10-17-9-19-20/h4-5,7,9-11,14,18H,6,8H2,1-3H3,(H,21,22). The molecule has 1 aromatic carbocycles. The number of aliphatic carboxylic acids is 1. The average Bonchev–Trinajstić information content (AvgIpc) is 2.96. The maximum Gasteiger partial charge on any atom is 0.320 e. The summed E-state index contributed by atoms with van der Waals surface area (Å²) in [4.78, 5) is 15.2. The summed E-state index contributed by atoms with van der Waals surface area (Å²) in [6.07, 6.45) is 3.77. The van der Waals surface area contributed by atoms with Crippen LogP contribution in [0.5, 0.6) is 0 Å². The molecular weight excluding hydrogens is 280 g/mol. The molecule has 0 radical (unpaired) electrons. The third-order valence-corrected chi connectivity index (χ3v) is 3.48. The summed E-state index contributed by atoms with van der Waals surface area (Å²) in [7, 11) is 0. The Morgan fingerprint density at radius 3 is 2.73 bits per heavy atom.